The van der Waals surface area contributed by atoms with Crippen molar-refractivity contribution in [1.82, 2.24) is 5.32 Å². The highest BCUT2D eigenvalue weighted by molar-refractivity contribution is 5.94. The lowest BCUT2D eigenvalue weighted by atomic mass is 10.1. The van der Waals surface area contributed by atoms with Crippen molar-refractivity contribution in [3.05, 3.63) is 35.1 Å². The van der Waals surface area contributed by atoms with Crippen molar-refractivity contribution in [2.45, 2.75) is 19.8 Å². The lowest BCUT2D eigenvalue weighted by molar-refractivity contribution is 0.0940. The van der Waals surface area contributed by atoms with E-state index >= 15 is 0 Å². The number of aryl methyl sites for hydroxylation is 1. The Hall–Kier alpha value is -1.42. The van der Waals surface area contributed by atoms with Gasteiger partial charge in [0, 0.05) is 6.54 Å². The predicted octanol–water partition coefficient (Wildman–Crippen LogP) is 1.50. The number of nitrogens with one attached hydrogen (secondary N) is 1. The number of halogens is 1. The van der Waals surface area contributed by atoms with Crippen LogP contribution in [0.15, 0.2) is 18.2 Å². The molecule has 3 nitrogen and oxygen atoms in total. The third-order valence-corrected chi connectivity index (χ3v) is 2.24. The average molecular weight is 225 g/mol. The minimum absolute atomic E-state index is 0.0411. The summed E-state index contributed by atoms with van der Waals surface area (Å²) in [5.74, 6) is -0.940. The largest absolute Gasteiger partial charge is 0.395 e. The molecule has 0 radical (unpaired) electrons. The number of aliphatic hydroxyl groups excluding tert-OH is 1. The molecule has 0 heterocycles. The van der Waals surface area contributed by atoms with Crippen LogP contribution in [-0.2, 0) is 6.42 Å². The Labute approximate surface area is 94.3 Å². The normalized spacial score (nSPS) is 10.2. The monoisotopic (exact) mass is 225 g/mol. The molecule has 0 aromatic heterocycles. The number of rotatable bonds is 5. The van der Waals surface area contributed by atoms with Gasteiger partial charge in [0.1, 0.15) is 5.82 Å². The van der Waals surface area contributed by atoms with Gasteiger partial charge in [0.15, 0.2) is 0 Å². The van der Waals surface area contributed by atoms with Crippen molar-refractivity contribution in [2.24, 2.45) is 0 Å². The molecule has 1 amide bonds. The Kier molecular flexibility index (Phi) is 4.92. The van der Waals surface area contributed by atoms with Crippen molar-refractivity contribution in [2.75, 3.05) is 13.2 Å². The molecular formula is C12H16FNO2. The Balaban J connectivity index is 2.87. The van der Waals surface area contributed by atoms with Gasteiger partial charge in [0.25, 0.3) is 5.91 Å². The van der Waals surface area contributed by atoms with Gasteiger partial charge in [-0.3, -0.25) is 4.79 Å². The van der Waals surface area contributed by atoms with Gasteiger partial charge in [0.05, 0.1) is 12.2 Å². The van der Waals surface area contributed by atoms with Crippen LogP contribution in [-0.4, -0.2) is 24.2 Å². The zero-order chi connectivity index (χ0) is 12.0. The topological polar surface area (TPSA) is 49.3 Å². The summed E-state index contributed by atoms with van der Waals surface area (Å²) in [6, 6.07) is 4.80. The van der Waals surface area contributed by atoms with Gasteiger partial charge in [-0.1, -0.05) is 25.5 Å². The fourth-order valence-electron chi connectivity index (χ4n) is 1.48. The van der Waals surface area contributed by atoms with Gasteiger partial charge in [-0.2, -0.15) is 0 Å². The molecule has 0 aliphatic carbocycles. The molecule has 88 valence electrons. The van der Waals surface area contributed by atoms with E-state index < -0.39 is 11.7 Å². The van der Waals surface area contributed by atoms with Gasteiger partial charge < -0.3 is 10.4 Å². The highest BCUT2D eigenvalue weighted by Crippen LogP contribution is 2.14. The molecule has 1 aromatic carbocycles. The summed E-state index contributed by atoms with van der Waals surface area (Å²) in [5, 5.41) is 11.0. The van der Waals surface area contributed by atoms with Crippen molar-refractivity contribution in [3.63, 3.8) is 0 Å². The van der Waals surface area contributed by atoms with Crippen molar-refractivity contribution in [3.8, 4) is 0 Å². The van der Waals surface area contributed by atoms with E-state index in [2.05, 4.69) is 5.32 Å². The summed E-state index contributed by atoms with van der Waals surface area (Å²) in [5.41, 5.74) is 0.596. The number of hydrogen-bond donors (Lipinski definition) is 2. The van der Waals surface area contributed by atoms with Crippen LogP contribution in [0.5, 0.6) is 0 Å². The maximum Gasteiger partial charge on any atom is 0.254 e. The molecule has 0 fully saturated rings. The zero-order valence-corrected chi connectivity index (χ0v) is 9.29. The Bertz CT molecular complexity index is 366. The fraction of sp³-hybridized carbons (Fsp3) is 0.417. The van der Waals surface area contributed by atoms with E-state index in [9.17, 15) is 9.18 Å². The second-order valence-electron chi connectivity index (χ2n) is 3.51. The van der Waals surface area contributed by atoms with Crippen LogP contribution in [0.3, 0.4) is 0 Å². The highest BCUT2D eigenvalue weighted by Gasteiger charge is 2.13. The van der Waals surface area contributed by atoms with Crippen LogP contribution in [0.25, 0.3) is 0 Å². The molecule has 0 aliphatic heterocycles. The van der Waals surface area contributed by atoms with E-state index in [-0.39, 0.29) is 18.7 Å². The standard InChI is InChI=1S/C12H16FNO2/c1-2-4-9-5-3-6-10(11(9)13)12(16)14-7-8-15/h3,5-6,15H,2,4,7-8H2,1H3,(H,14,16). The second-order valence-corrected chi connectivity index (χ2v) is 3.51. The van der Waals surface area contributed by atoms with Crippen LogP contribution in [0, 0.1) is 5.82 Å². The molecule has 0 bridgehead atoms. The Morgan fingerprint density at radius 2 is 2.25 bits per heavy atom. The Morgan fingerprint density at radius 3 is 2.88 bits per heavy atom. The van der Waals surface area contributed by atoms with Gasteiger partial charge in [-0.05, 0) is 18.1 Å². The zero-order valence-electron chi connectivity index (χ0n) is 9.29. The van der Waals surface area contributed by atoms with E-state index in [0.29, 0.717) is 12.0 Å². The van der Waals surface area contributed by atoms with Gasteiger partial charge in [0.2, 0.25) is 0 Å². The highest BCUT2D eigenvalue weighted by atomic mass is 19.1. The summed E-state index contributed by atoms with van der Waals surface area (Å²) >= 11 is 0. The fourth-order valence-corrected chi connectivity index (χ4v) is 1.48. The van der Waals surface area contributed by atoms with Crippen LogP contribution in [0.2, 0.25) is 0 Å². The molecule has 4 heteroatoms. The van der Waals surface area contributed by atoms with Crippen LogP contribution in [0.1, 0.15) is 29.3 Å². The number of aliphatic hydroxyl groups is 1. The first-order chi connectivity index (χ1) is 7.70. The van der Waals surface area contributed by atoms with Gasteiger partial charge >= 0.3 is 0 Å². The molecule has 0 saturated carbocycles. The van der Waals surface area contributed by atoms with Gasteiger partial charge in [-0.15, -0.1) is 0 Å². The minimum Gasteiger partial charge on any atom is -0.395 e. The van der Waals surface area contributed by atoms with Gasteiger partial charge in [-0.25, -0.2) is 4.39 Å². The molecule has 0 aliphatic rings. The third-order valence-electron chi connectivity index (χ3n) is 2.24. The number of carbonyl (C=O) groups excluding carboxylic acids is 1. The molecule has 1 rings (SSSR count). The summed E-state index contributed by atoms with van der Waals surface area (Å²) in [6.45, 7) is 1.94. The summed E-state index contributed by atoms with van der Waals surface area (Å²) in [7, 11) is 0. The summed E-state index contributed by atoms with van der Waals surface area (Å²) < 4.78 is 13.8. The smallest absolute Gasteiger partial charge is 0.254 e. The number of amides is 1. The number of carbonyl (C=O) groups is 1. The summed E-state index contributed by atoms with van der Waals surface area (Å²) in [4.78, 5) is 11.5. The Morgan fingerprint density at radius 1 is 1.50 bits per heavy atom. The van der Waals surface area contributed by atoms with Crippen LogP contribution >= 0.6 is 0 Å². The van der Waals surface area contributed by atoms with E-state index in [1.807, 2.05) is 6.92 Å². The van der Waals surface area contributed by atoms with E-state index in [4.69, 9.17) is 5.11 Å². The third kappa shape index (κ3) is 3.03. The first-order valence-electron chi connectivity index (χ1n) is 5.37. The molecule has 2 N–H and O–H groups in total. The maximum absolute atomic E-state index is 13.8. The van der Waals surface area contributed by atoms with Crippen molar-refractivity contribution in [1.29, 1.82) is 0 Å². The number of benzene rings is 1. The molecule has 1 aromatic rings. The maximum atomic E-state index is 13.8. The van der Waals surface area contributed by atoms with E-state index in [0.717, 1.165) is 6.42 Å². The SMILES string of the molecule is CCCc1cccc(C(=O)NCCO)c1F. The molecule has 0 saturated heterocycles. The van der Waals surface area contributed by atoms with E-state index in [1.54, 1.807) is 12.1 Å². The molecule has 0 spiro atoms. The average Bonchev–Trinajstić information content (AvgIpc) is 2.29. The minimum atomic E-state index is -0.482. The quantitative estimate of drug-likeness (QED) is 0.797. The molecular weight excluding hydrogens is 209 g/mol. The first-order valence-corrected chi connectivity index (χ1v) is 5.37. The first kappa shape index (κ1) is 12.6. The lowest BCUT2D eigenvalue weighted by Crippen LogP contribution is -2.27. The number of hydrogen-bond acceptors (Lipinski definition) is 2. The molecule has 0 unspecified atom stereocenters. The molecule has 0 atom stereocenters. The lowest BCUT2D eigenvalue weighted by Gasteiger charge is -2.07. The van der Waals surface area contributed by atoms with Crippen molar-refractivity contribution >= 4 is 5.91 Å². The van der Waals surface area contributed by atoms with Crippen LogP contribution in [0.4, 0.5) is 4.39 Å². The van der Waals surface area contributed by atoms with Crippen molar-refractivity contribution < 1.29 is 14.3 Å². The second kappa shape index (κ2) is 6.23. The predicted molar refractivity (Wildman–Crippen MR) is 59.8 cm³/mol. The van der Waals surface area contributed by atoms with E-state index in [1.165, 1.54) is 6.07 Å². The molecule has 16 heavy (non-hydrogen) atoms. The summed E-state index contributed by atoms with van der Waals surface area (Å²) in [6.07, 6.45) is 1.45. The van der Waals surface area contributed by atoms with Crippen LogP contribution < -0.4 is 5.32 Å².